The van der Waals surface area contributed by atoms with E-state index >= 15 is 0 Å². The molecule has 11 aromatic carbocycles. The topological polar surface area (TPSA) is 434 Å². The summed E-state index contributed by atoms with van der Waals surface area (Å²) in [6.07, 6.45) is -6.84. The molecule has 143 heavy (non-hydrogen) atoms. The van der Waals surface area contributed by atoms with Crippen LogP contribution in [0.1, 0.15) is 123 Å². The number of ether oxygens (including phenoxy) is 16. The van der Waals surface area contributed by atoms with Crippen molar-refractivity contribution < 1.29 is 124 Å². The van der Waals surface area contributed by atoms with Crippen LogP contribution in [0.4, 0.5) is 62.9 Å². The van der Waals surface area contributed by atoms with E-state index in [-0.39, 0.29) is 169 Å². The zero-order chi connectivity index (χ0) is 104. The summed E-state index contributed by atoms with van der Waals surface area (Å²) in [7, 11) is 8.65. The molecule has 0 unspecified atom stereocenters. The lowest BCUT2D eigenvalue weighted by Gasteiger charge is -2.33. The largest absolute Gasteiger partial charge is 0.450 e. The lowest BCUT2D eigenvalue weighted by molar-refractivity contribution is -0.117. The SMILES string of the molecule is COCC(C)(C)OC(=O)N(C(=O)c1ccccc1)c1ccc2c(c1)Oc1c(N(C(C)=O)C(=O)OC(C)(C)COC)c3c(c(N(C(C)=O)C(=O)OC(C)(C)COC)c1=N2)Oc1cc(N(C(=O)OC(C)(C)COC)C(=O)c2ccccc2)c(C)cc1N=3.COCCOCC(C)(C)OC(=O)n1c2ccc3c(=O)c4ccccc4c(=O)c3c2n(C(=O)OC(C)(C)COCCOC)c2ccc3c(=O)c4ccccc4c(=O)c3c21. The normalized spacial score (nSPS) is 12.4. The highest BCUT2D eigenvalue weighted by Gasteiger charge is 2.45. The summed E-state index contributed by atoms with van der Waals surface area (Å²) in [5.41, 5.74) is -11.3. The van der Waals surface area contributed by atoms with Crippen LogP contribution >= 0.6 is 0 Å². The summed E-state index contributed by atoms with van der Waals surface area (Å²) in [5, 5.41) is -0.755. The number of aromatic nitrogens is 2. The first-order chi connectivity index (χ1) is 67.7. The Labute approximate surface area is 819 Å². The summed E-state index contributed by atoms with van der Waals surface area (Å²) in [5.74, 6) is -5.02. The van der Waals surface area contributed by atoms with Gasteiger partial charge in [0.1, 0.15) is 67.1 Å². The third kappa shape index (κ3) is 22.3. The summed E-state index contributed by atoms with van der Waals surface area (Å²) < 4.78 is 94.3. The Kier molecular flexibility index (Phi) is 31.4. The van der Waals surface area contributed by atoms with E-state index in [1.165, 1.54) is 161 Å². The van der Waals surface area contributed by atoms with E-state index in [1.807, 2.05) is 0 Å². The maximum Gasteiger partial charge on any atom is 0.422 e. The van der Waals surface area contributed by atoms with Crippen LogP contribution in [-0.4, -0.2) is 212 Å². The van der Waals surface area contributed by atoms with Crippen LogP contribution in [0.2, 0.25) is 0 Å². The summed E-state index contributed by atoms with van der Waals surface area (Å²) >= 11 is 0. The van der Waals surface area contributed by atoms with Crippen LogP contribution in [0.5, 0.6) is 23.0 Å². The number of hydrogen-bond acceptors (Lipinski definition) is 32. The predicted molar refractivity (Wildman–Crippen MR) is 529 cm³/mol. The number of nitrogens with zero attached hydrogens (tertiary/aromatic N) is 8. The Morgan fingerprint density at radius 3 is 1.05 bits per heavy atom. The summed E-state index contributed by atoms with van der Waals surface area (Å²) in [4.78, 5) is 216. The van der Waals surface area contributed by atoms with Gasteiger partial charge < -0.3 is 75.8 Å². The second-order valence-corrected chi connectivity index (χ2v) is 37.3. The van der Waals surface area contributed by atoms with Crippen LogP contribution in [0.15, 0.2) is 193 Å². The molecule has 0 saturated heterocycles. The minimum Gasteiger partial charge on any atom is -0.450 e. The van der Waals surface area contributed by atoms with Gasteiger partial charge in [0.25, 0.3) is 11.8 Å². The summed E-state index contributed by atoms with van der Waals surface area (Å²) in [6.45, 7) is 23.1. The molecule has 0 bridgehead atoms. The Hall–Kier alpha value is -15.2. The number of anilines is 4. The Balaban J connectivity index is 0.000000257. The van der Waals surface area contributed by atoms with Crippen LogP contribution in [0.25, 0.3) is 65.2 Å². The molecular formula is C105H110N8O30. The fourth-order valence-corrected chi connectivity index (χ4v) is 16.5. The van der Waals surface area contributed by atoms with E-state index in [4.69, 9.17) is 85.8 Å². The number of benzene rings is 11. The zero-order valence-electron chi connectivity index (χ0n) is 83.0. The Morgan fingerprint density at radius 2 is 0.678 bits per heavy atom. The van der Waals surface area contributed by atoms with Gasteiger partial charge in [0, 0.05) is 112 Å². The van der Waals surface area contributed by atoms with Crippen molar-refractivity contribution in [1.29, 1.82) is 0 Å². The average Bonchev–Trinajstić information content (AvgIpc) is 0.673. The third-order valence-electron chi connectivity index (χ3n) is 22.5. The van der Waals surface area contributed by atoms with E-state index in [9.17, 15) is 67.1 Å². The van der Waals surface area contributed by atoms with Gasteiger partial charge in [-0.3, -0.25) is 38.4 Å². The molecule has 12 aromatic rings. The molecule has 14 rings (SSSR count). The highest BCUT2D eigenvalue weighted by atomic mass is 16.6. The highest BCUT2D eigenvalue weighted by Crippen LogP contribution is 2.49. The van der Waals surface area contributed by atoms with Gasteiger partial charge in [-0.15, -0.1) is 0 Å². The lowest BCUT2D eigenvalue weighted by atomic mass is 9.98. The molecule has 38 nitrogen and oxygen atoms in total. The number of carbonyl (C=O) groups excluding carboxylic acids is 10. The van der Waals surface area contributed by atoms with E-state index in [1.54, 1.807) is 135 Å². The molecule has 1 aromatic heterocycles. The van der Waals surface area contributed by atoms with Crippen molar-refractivity contribution in [2.75, 3.05) is 128 Å². The summed E-state index contributed by atoms with van der Waals surface area (Å²) in [6, 6.07) is 40.8. The second kappa shape index (κ2) is 42.7. The predicted octanol–water partition coefficient (Wildman–Crippen LogP) is 16.3. The highest BCUT2D eigenvalue weighted by molar-refractivity contribution is 6.23. The quantitative estimate of drug-likeness (QED) is 0.0133. The molecule has 0 fully saturated rings. The maximum absolute atomic E-state index is 14.9. The first-order valence-electron chi connectivity index (χ1n) is 45.2. The molecule has 38 heteroatoms. The lowest BCUT2D eigenvalue weighted by Crippen LogP contribution is -2.47. The number of hydrogen-bond donors (Lipinski definition) is 0. The fourth-order valence-electron chi connectivity index (χ4n) is 16.5. The minimum atomic E-state index is -1.39. The van der Waals surface area contributed by atoms with E-state index < -0.39 is 149 Å². The number of rotatable bonds is 30. The molecule has 0 atom stereocenters. The fraction of sp³-hybridized carbons (Fsp3) is 0.352. The van der Waals surface area contributed by atoms with Crippen LogP contribution < -0.4 is 61.5 Å². The van der Waals surface area contributed by atoms with Crippen LogP contribution in [0.3, 0.4) is 0 Å². The average molecular weight is 1960 g/mol. The third-order valence-corrected chi connectivity index (χ3v) is 22.5. The van der Waals surface area contributed by atoms with Gasteiger partial charge in [0.15, 0.2) is 44.7 Å². The maximum atomic E-state index is 14.9. The standard InChI is InChI=1S/C61H68N6O18.C44H42N2O12/c1-35-28-42-45(30-43(35)67(53(71)39-24-20-17-21-25-39)57(75)85-61(10,11)34-79-15)81-51-47(63-42)49(65(37(3)69)55(73)83-59(6,7)32-77-13)50-46(48(51)64(36(2)68)54(72)82-58(4,5)31-76-12)62-41-27-26-40(29-44(41)80-50)66(52(70)38-22-18-16-19-23-38)56(74)84-60(8,9)33-78-14;1-43(2,23-55-21-19-53-5)57-41(51)45-31-17-15-30-34(40(50)28-14-10-8-12-26(28)38(30)48)36(31)46(42(52)58-44(3,4)24-56-22-20-54-6)32-18-16-29-33(35(32)45)39(49)27-13-9-7-11-25(27)37(29)47/h16-30H,31-34H2,1-15H3;7-18H,19-24H2,1-6H3. The van der Waals surface area contributed by atoms with Crippen molar-refractivity contribution in [2.45, 2.75) is 137 Å². The molecule has 8 amide bonds. The van der Waals surface area contributed by atoms with Crippen molar-refractivity contribution in [3.63, 3.8) is 0 Å². The number of aryl methyl sites for hydroxylation is 1. The van der Waals surface area contributed by atoms with Gasteiger partial charge in [-0.1, -0.05) is 84.9 Å². The molecule has 0 spiro atoms. The number of imide groups is 4. The molecule has 0 aliphatic carbocycles. The number of methoxy groups -OCH3 is 6. The minimum absolute atomic E-state index is 0.0239. The van der Waals surface area contributed by atoms with Gasteiger partial charge in [-0.2, -0.15) is 0 Å². The first-order valence-corrected chi connectivity index (χ1v) is 45.2. The van der Waals surface area contributed by atoms with E-state index in [0.717, 1.165) is 32.8 Å². The molecule has 750 valence electrons. The van der Waals surface area contributed by atoms with Crippen molar-refractivity contribution in [2.24, 2.45) is 9.98 Å². The molecule has 0 radical (unpaired) electrons. The van der Waals surface area contributed by atoms with Crippen molar-refractivity contribution in [1.82, 2.24) is 9.13 Å². The molecular weight excluding hydrogens is 1850 g/mol. The Bertz CT molecular complexity index is 7280. The number of carbonyl (C=O) groups is 10. The van der Waals surface area contributed by atoms with Gasteiger partial charge in [-0.05, 0) is 162 Å². The van der Waals surface area contributed by atoms with Crippen LogP contribution in [0, 0.1) is 6.92 Å². The Morgan fingerprint density at radius 1 is 0.343 bits per heavy atom. The monoisotopic (exact) mass is 1960 g/mol. The molecule has 0 N–H and O–H groups in total. The van der Waals surface area contributed by atoms with Gasteiger partial charge >= 0.3 is 36.6 Å². The van der Waals surface area contributed by atoms with Crippen molar-refractivity contribution in [3.05, 3.63) is 232 Å². The molecule has 3 heterocycles. The van der Waals surface area contributed by atoms with E-state index in [2.05, 4.69) is 0 Å². The van der Waals surface area contributed by atoms with Gasteiger partial charge in [0.2, 0.25) is 11.8 Å². The molecule has 0 saturated carbocycles. The second-order valence-electron chi connectivity index (χ2n) is 37.3. The van der Waals surface area contributed by atoms with Crippen LogP contribution in [-0.2, 0) is 75.9 Å². The van der Waals surface area contributed by atoms with Gasteiger partial charge in [0.05, 0.1) is 110 Å². The zero-order valence-corrected chi connectivity index (χ0v) is 83.0. The van der Waals surface area contributed by atoms with Crippen molar-refractivity contribution in [3.8, 4) is 23.0 Å². The van der Waals surface area contributed by atoms with Crippen molar-refractivity contribution >= 4 is 159 Å². The van der Waals surface area contributed by atoms with E-state index in [0.29, 0.717) is 23.0 Å². The number of fused-ring (bicyclic) bond motifs is 12. The first kappa shape index (κ1) is 105. The number of amides is 8. The smallest absolute Gasteiger partial charge is 0.422 e. The molecule has 2 aliphatic rings. The molecule has 2 aliphatic heterocycles. The van der Waals surface area contributed by atoms with Gasteiger partial charge in [-0.25, -0.2) is 67.5 Å².